The van der Waals surface area contributed by atoms with Crippen molar-refractivity contribution in [3.05, 3.63) is 36.8 Å². The molecular formula is C11H12F3O2. The quantitative estimate of drug-likeness (QED) is 0.726. The van der Waals surface area contributed by atoms with Crippen molar-refractivity contribution in [1.82, 2.24) is 0 Å². The van der Waals surface area contributed by atoms with E-state index in [4.69, 9.17) is 4.74 Å². The maximum absolute atomic E-state index is 11.8. The summed E-state index contributed by atoms with van der Waals surface area (Å²) in [6.07, 6.45) is -3.98. The van der Waals surface area contributed by atoms with Crippen molar-refractivity contribution in [2.24, 2.45) is 0 Å². The van der Waals surface area contributed by atoms with Gasteiger partial charge in [0.15, 0.2) is 0 Å². The minimum absolute atomic E-state index is 0.228. The molecule has 0 bridgehead atoms. The zero-order chi connectivity index (χ0) is 12.0. The van der Waals surface area contributed by atoms with Gasteiger partial charge in [0.1, 0.15) is 5.75 Å². The molecule has 1 radical (unpaired) electrons. The molecule has 0 N–H and O–H groups in total. The molecule has 0 saturated heterocycles. The van der Waals surface area contributed by atoms with Crippen LogP contribution in [0.1, 0.15) is 12.0 Å². The predicted molar refractivity (Wildman–Crippen MR) is 52.8 cm³/mol. The molecule has 1 aromatic rings. The van der Waals surface area contributed by atoms with Crippen molar-refractivity contribution in [2.45, 2.75) is 19.4 Å². The Morgan fingerprint density at radius 1 is 1.12 bits per heavy atom. The number of benzene rings is 1. The summed E-state index contributed by atoms with van der Waals surface area (Å²) in [5.41, 5.74) is 0.794. The van der Waals surface area contributed by atoms with Crippen molar-refractivity contribution >= 4 is 0 Å². The summed E-state index contributed by atoms with van der Waals surface area (Å²) >= 11 is 0. The van der Waals surface area contributed by atoms with Crippen LogP contribution in [0.4, 0.5) is 13.2 Å². The topological polar surface area (TPSA) is 18.5 Å². The van der Waals surface area contributed by atoms with Crippen LogP contribution >= 0.6 is 0 Å². The molecule has 0 saturated carbocycles. The summed E-state index contributed by atoms with van der Waals surface area (Å²) in [7, 11) is 0. The normalized spacial score (nSPS) is 11.5. The Balaban J connectivity index is 2.48. The van der Waals surface area contributed by atoms with Gasteiger partial charge in [-0.05, 0) is 24.1 Å². The van der Waals surface area contributed by atoms with E-state index < -0.39 is 6.36 Å². The van der Waals surface area contributed by atoms with E-state index in [1.54, 1.807) is 0 Å². The monoisotopic (exact) mass is 233 g/mol. The molecule has 2 nitrogen and oxygen atoms in total. The fraction of sp³-hybridized carbons (Fsp3) is 0.364. The van der Waals surface area contributed by atoms with E-state index in [2.05, 4.69) is 11.7 Å². The molecule has 0 spiro atoms. The number of hydrogen-bond acceptors (Lipinski definition) is 2. The van der Waals surface area contributed by atoms with Crippen LogP contribution in [0.15, 0.2) is 24.3 Å². The summed E-state index contributed by atoms with van der Waals surface area (Å²) in [6, 6.07) is 5.58. The van der Waals surface area contributed by atoms with E-state index in [-0.39, 0.29) is 5.75 Å². The molecule has 89 valence electrons. The lowest BCUT2D eigenvalue weighted by atomic mass is 10.2. The smallest absolute Gasteiger partial charge is 0.406 e. The van der Waals surface area contributed by atoms with Gasteiger partial charge in [0.2, 0.25) is 0 Å². The first kappa shape index (κ1) is 12.8. The molecule has 1 aromatic carbocycles. The Labute approximate surface area is 92.0 Å². The molecule has 0 atom stereocenters. The second kappa shape index (κ2) is 5.75. The van der Waals surface area contributed by atoms with Gasteiger partial charge >= 0.3 is 6.36 Å². The molecule has 0 fully saturated rings. The summed E-state index contributed by atoms with van der Waals surface area (Å²) in [5.74, 6) is -0.228. The third kappa shape index (κ3) is 5.02. The van der Waals surface area contributed by atoms with Crippen molar-refractivity contribution in [1.29, 1.82) is 0 Å². The minimum atomic E-state index is -4.65. The number of hydrogen-bond donors (Lipinski definition) is 0. The Bertz CT molecular complexity index is 306. The molecule has 0 unspecified atom stereocenters. The van der Waals surface area contributed by atoms with Crippen LogP contribution in [0.25, 0.3) is 0 Å². The van der Waals surface area contributed by atoms with Gasteiger partial charge in [0.05, 0.1) is 6.61 Å². The molecule has 5 heteroatoms. The fourth-order valence-electron chi connectivity index (χ4n) is 1.08. The van der Waals surface area contributed by atoms with Crippen molar-refractivity contribution in [3.63, 3.8) is 0 Å². The van der Waals surface area contributed by atoms with Gasteiger partial charge in [-0.3, -0.25) is 0 Å². The third-order valence-corrected chi connectivity index (χ3v) is 1.71. The maximum atomic E-state index is 11.8. The van der Waals surface area contributed by atoms with Gasteiger partial charge in [-0.15, -0.1) is 13.2 Å². The van der Waals surface area contributed by atoms with Crippen molar-refractivity contribution in [3.8, 4) is 5.75 Å². The van der Waals surface area contributed by atoms with E-state index in [0.29, 0.717) is 19.6 Å². The first-order valence-corrected chi connectivity index (χ1v) is 4.73. The van der Waals surface area contributed by atoms with Gasteiger partial charge in [0.25, 0.3) is 0 Å². The van der Waals surface area contributed by atoms with E-state index >= 15 is 0 Å². The maximum Gasteiger partial charge on any atom is 0.573 e. The Morgan fingerprint density at radius 2 is 1.75 bits per heavy atom. The summed E-state index contributed by atoms with van der Waals surface area (Å²) in [4.78, 5) is 0. The molecule has 0 aliphatic carbocycles. The molecule has 0 aliphatic heterocycles. The molecular weight excluding hydrogens is 221 g/mol. The van der Waals surface area contributed by atoms with Gasteiger partial charge in [-0.2, -0.15) is 0 Å². The number of alkyl halides is 3. The highest BCUT2D eigenvalue weighted by atomic mass is 19.4. The van der Waals surface area contributed by atoms with Crippen LogP contribution in [0, 0.1) is 6.92 Å². The van der Waals surface area contributed by atoms with Crippen LogP contribution in [0.2, 0.25) is 0 Å². The second-order valence-corrected chi connectivity index (χ2v) is 3.10. The van der Waals surface area contributed by atoms with Crippen LogP contribution in [-0.2, 0) is 11.3 Å². The van der Waals surface area contributed by atoms with E-state index in [9.17, 15) is 13.2 Å². The number of rotatable bonds is 5. The Hall–Kier alpha value is -1.23. The van der Waals surface area contributed by atoms with E-state index in [1.165, 1.54) is 24.3 Å². The highest BCUT2D eigenvalue weighted by Crippen LogP contribution is 2.22. The van der Waals surface area contributed by atoms with Crippen LogP contribution < -0.4 is 4.74 Å². The van der Waals surface area contributed by atoms with Crippen LogP contribution in [0.5, 0.6) is 5.75 Å². The highest BCUT2D eigenvalue weighted by molar-refractivity contribution is 5.26. The molecule has 0 aliphatic rings. The predicted octanol–water partition coefficient (Wildman–Crippen LogP) is 3.33. The standard InChI is InChI=1S/C11H12F3O2/c1-2-7-15-8-9-3-5-10(6-4-9)16-11(12,13)14/h3-6H,1-2,7-8H2. The van der Waals surface area contributed by atoms with Crippen molar-refractivity contribution < 1.29 is 22.6 Å². The molecule has 1 rings (SSSR count). The summed E-state index contributed by atoms with van der Waals surface area (Å²) < 4.78 is 44.4. The first-order valence-electron chi connectivity index (χ1n) is 4.73. The van der Waals surface area contributed by atoms with E-state index in [0.717, 1.165) is 5.56 Å². The Morgan fingerprint density at radius 3 is 2.25 bits per heavy atom. The van der Waals surface area contributed by atoms with E-state index in [1.807, 2.05) is 0 Å². The van der Waals surface area contributed by atoms with Crippen molar-refractivity contribution in [2.75, 3.05) is 6.61 Å². The lowest BCUT2D eigenvalue weighted by Crippen LogP contribution is -2.17. The first-order chi connectivity index (χ1) is 7.51. The van der Waals surface area contributed by atoms with Gasteiger partial charge < -0.3 is 9.47 Å². The SMILES string of the molecule is [CH2]CCOCc1ccc(OC(F)(F)F)cc1. The Kier molecular flexibility index (Phi) is 4.61. The summed E-state index contributed by atoms with van der Waals surface area (Å²) in [5, 5.41) is 0. The molecule has 16 heavy (non-hydrogen) atoms. The highest BCUT2D eigenvalue weighted by Gasteiger charge is 2.30. The van der Waals surface area contributed by atoms with Gasteiger partial charge in [-0.25, -0.2) is 0 Å². The average molecular weight is 233 g/mol. The van der Waals surface area contributed by atoms with Crippen LogP contribution in [0.3, 0.4) is 0 Å². The zero-order valence-corrected chi connectivity index (χ0v) is 8.59. The lowest BCUT2D eigenvalue weighted by Gasteiger charge is -2.09. The number of halogens is 3. The third-order valence-electron chi connectivity index (χ3n) is 1.71. The molecule has 0 amide bonds. The number of ether oxygens (including phenoxy) is 2. The molecule has 0 aromatic heterocycles. The largest absolute Gasteiger partial charge is 0.573 e. The lowest BCUT2D eigenvalue weighted by molar-refractivity contribution is -0.274. The summed E-state index contributed by atoms with van der Waals surface area (Å²) in [6.45, 7) is 4.49. The minimum Gasteiger partial charge on any atom is -0.406 e. The second-order valence-electron chi connectivity index (χ2n) is 3.10. The van der Waals surface area contributed by atoms with Gasteiger partial charge in [-0.1, -0.05) is 19.1 Å². The van der Waals surface area contributed by atoms with Gasteiger partial charge in [0, 0.05) is 6.61 Å². The molecule has 0 heterocycles. The average Bonchev–Trinajstić information content (AvgIpc) is 2.19. The fourth-order valence-corrected chi connectivity index (χ4v) is 1.08. The zero-order valence-electron chi connectivity index (χ0n) is 8.59. The van der Waals surface area contributed by atoms with Crippen LogP contribution in [-0.4, -0.2) is 13.0 Å².